The standard InChI is InChI=1S/C8H14N2O2S/c1-3-4-10-6(5-13)7(11)9(2)8(10)12/h6,13H,3-5H2,1-2H3. The van der Waals surface area contributed by atoms with Gasteiger partial charge in [0.15, 0.2) is 0 Å². The molecular weight excluding hydrogens is 188 g/mol. The van der Waals surface area contributed by atoms with Gasteiger partial charge in [-0.1, -0.05) is 6.92 Å². The molecule has 1 saturated heterocycles. The summed E-state index contributed by atoms with van der Waals surface area (Å²) in [7, 11) is 1.51. The van der Waals surface area contributed by atoms with Gasteiger partial charge in [0.25, 0.3) is 5.91 Å². The number of urea groups is 1. The summed E-state index contributed by atoms with van der Waals surface area (Å²) >= 11 is 4.07. The number of likely N-dealkylation sites (N-methyl/N-ethyl adjacent to an activating group) is 1. The van der Waals surface area contributed by atoms with Crippen molar-refractivity contribution in [1.29, 1.82) is 0 Å². The summed E-state index contributed by atoms with van der Waals surface area (Å²) in [6, 6.07) is -0.563. The molecule has 3 amide bonds. The van der Waals surface area contributed by atoms with E-state index < -0.39 is 0 Å². The van der Waals surface area contributed by atoms with Crippen molar-refractivity contribution in [2.75, 3.05) is 19.3 Å². The van der Waals surface area contributed by atoms with Crippen molar-refractivity contribution >= 4 is 24.6 Å². The van der Waals surface area contributed by atoms with E-state index in [9.17, 15) is 9.59 Å². The lowest BCUT2D eigenvalue weighted by Gasteiger charge is -2.18. The molecule has 1 fully saturated rings. The average molecular weight is 202 g/mol. The van der Waals surface area contributed by atoms with Gasteiger partial charge >= 0.3 is 6.03 Å². The molecule has 13 heavy (non-hydrogen) atoms. The van der Waals surface area contributed by atoms with E-state index in [0.717, 1.165) is 11.3 Å². The Hall–Kier alpha value is -0.710. The third kappa shape index (κ3) is 1.65. The van der Waals surface area contributed by atoms with Crippen LogP contribution in [0.3, 0.4) is 0 Å². The van der Waals surface area contributed by atoms with Crippen molar-refractivity contribution in [3.63, 3.8) is 0 Å². The molecule has 5 heteroatoms. The highest BCUT2D eigenvalue weighted by Gasteiger charge is 2.41. The minimum atomic E-state index is -0.360. The number of carbonyl (C=O) groups excluding carboxylic acids is 2. The highest BCUT2D eigenvalue weighted by Crippen LogP contribution is 2.17. The summed E-state index contributed by atoms with van der Waals surface area (Å²) in [5.41, 5.74) is 0. The summed E-state index contributed by atoms with van der Waals surface area (Å²) in [5.74, 6) is 0.253. The van der Waals surface area contributed by atoms with E-state index in [1.165, 1.54) is 7.05 Å². The van der Waals surface area contributed by atoms with Crippen LogP contribution in [0, 0.1) is 0 Å². The second-order valence-corrected chi connectivity index (χ2v) is 3.44. The molecule has 1 aliphatic rings. The fraction of sp³-hybridized carbons (Fsp3) is 0.750. The first-order valence-corrected chi connectivity index (χ1v) is 4.95. The van der Waals surface area contributed by atoms with Gasteiger partial charge in [0.2, 0.25) is 0 Å². The third-order valence-corrected chi connectivity index (χ3v) is 2.51. The first-order chi connectivity index (χ1) is 6.13. The monoisotopic (exact) mass is 202 g/mol. The maximum Gasteiger partial charge on any atom is 0.327 e. The number of hydrogen-bond acceptors (Lipinski definition) is 3. The van der Waals surface area contributed by atoms with E-state index in [4.69, 9.17) is 0 Å². The van der Waals surface area contributed by atoms with Gasteiger partial charge in [-0.2, -0.15) is 12.6 Å². The first-order valence-electron chi connectivity index (χ1n) is 4.32. The van der Waals surface area contributed by atoms with E-state index in [0.29, 0.717) is 12.3 Å². The van der Waals surface area contributed by atoms with Gasteiger partial charge in [-0.15, -0.1) is 0 Å². The molecular formula is C8H14N2O2S. The lowest BCUT2D eigenvalue weighted by atomic mass is 10.3. The topological polar surface area (TPSA) is 40.6 Å². The van der Waals surface area contributed by atoms with E-state index >= 15 is 0 Å². The van der Waals surface area contributed by atoms with Crippen LogP contribution in [0.4, 0.5) is 4.79 Å². The molecule has 1 rings (SSSR count). The molecule has 0 spiro atoms. The predicted molar refractivity (Wildman–Crippen MR) is 52.8 cm³/mol. The van der Waals surface area contributed by atoms with E-state index in [1.54, 1.807) is 4.90 Å². The molecule has 0 radical (unpaired) electrons. The first kappa shape index (κ1) is 10.4. The minimum absolute atomic E-state index is 0.145. The van der Waals surface area contributed by atoms with Gasteiger partial charge in [-0.3, -0.25) is 9.69 Å². The quantitative estimate of drug-likeness (QED) is 0.537. The van der Waals surface area contributed by atoms with Gasteiger partial charge in [0.1, 0.15) is 6.04 Å². The Balaban J connectivity index is 2.81. The van der Waals surface area contributed by atoms with Crippen molar-refractivity contribution in [1.82, 2.24) is 9.80 Å². The molecule has 0 bridgehead atoms. The van der Waals surface area contributed by atoms with Crippen molar-refractivity contribution in [2.24, 2.45) is 0 Å². The van der Waals surface area contributed by atoms with Gasteiger partial charge in [0.05, 0.1) is 0 Å². The Morgan fingerprint density at radius 2 is 2.08 bits per heavy atom. The van der Waals surface area contributed by atoms with Crippen molar-refractivity contribution in [3.8, 4) is 0 Å². The molecule has 0 N–H and O–H groups in total. The zero-order valence-corrected chi connectivity index (χ0v) is 8.75. The molecule has 1 unspecified atom stereocenters. The highest BCUT2D eigenvalue weighted by atomic mass is 32.1. The molecule has 74 valence electrons. The summed E-state index contributed by atoms with van der Waals surface area (Å²) < 4.78 is 0. The molecule has 0 saturated carbocycles. The maximum absolute atomic E-state index is 11.5. The van der Waals surface area contributed by atoms with E-state index in [-0.39, 0.29) is 18.0 Å². The fourth-order valence-corrected chi connectivity index (χ4v) is 1.80. The lowest BCUT2D eigenvalue weighted by molar-refractivity contribution is -0.126. The van der Waals surface area contributed by atoms with Crippen LogP contribution in [0.25, 0.3) is 0 Å². The molecule has 0 aromatic rings. The van der Waals surface area contributed by atoms with Crippen LogP contribution in [0.2, 0.25) is 0 Å². The van der Waals surface area contributed by atoms with Crippen molar-refractivity contribution in [3.05, 3.63) is 0 Å². The summed E-state index contributed by atoms with van der Waals surface area (Å²) in [6.45, 7) is 2.60. The largest absolute Gasteiger partial charge is 0.327 e. The summed E-state index contributed by atoms with van der Waals surface area (Å²) in [4.78, 5) is 25.7. The number of imide groups is 1. The van der Waals surface area contributed by atoms with Crippen LogP contribution < -0.4 is 0 Å². The van der Waals surface area contributed by atoms with Crippen LogP contribution in [-0.4, -0.2) is 47.1 Å². The molecule has 4 nitrogen and oxygen atoms in total. The minimum Gasteiger partial charge on any atom is -0.311 e. The normalized spacial score (nSPS) is 23.2. The zero-order chi connectivity index (χ0) is 10.0. The zero-order valence-electron chi connectivity index (χ0n) is 7.86. The Morgan fingerprint density at radius 3 is 2.54 bits per heavy atom. The second kappa shape index (κ2) is 4.00. The number of hydrogen-bond donors (Lipinski definition) is 1. The van der Waals surface area contributed by atoms with Crippen LogP contribution in [-0.2, 0) is 4.79 Å². The molecule has 1 atom stereocenters. The summed E-state index contributed by atoms with van der Waals surface area (Å²) in [5, 5.41) is 0. The maximum atomic E-state index is 11.5. The predicted octanol–water partition coefficient (Wildman–Crippen LogP) is 0.589. The Kier molecular flexibility index (Phi) is 3.19. The van der Waals surface area contributed by atoms with Gasteiger partial charge < -0.3 is 4.90 Å². The van der Waals surface area contributed by atoms with Crippen molar-refractivity contribution in [2.45, 2.75) is 19.4 Å². The van der Waals surface area contributed by atoms with Crippen LogP contribution in [0.5, 0.6) is 0 Å². The van der Waals surface area contributed by atoms with Crippen LogP contribution in [0.1, 0.15) is 13.3 Å². The number of rotatable bonds is 3. The van der Waals surface area contributed by atoms with Gasteiger partial charge in [0, 0.05) is 19.3 Å². The Labute approximate surface area is 83.3 Å². The second-order valence-electron chi connectivity index (χ2n) is 3.07. The Bertz CT molecular complexity index is 232. The SMILES string of the molecule is CCCN1C(=O)N(C)C(=O)C1CS. The number of nitrogens with zero attached hydrogens (tertiary/aromatic N) is 2. The summed E-state index contributed by atoms with van der Waals surface area (Å²) in [6.07, 6.45) is 0.858. The van der Waals surface area contributed by atoms with Crippen molar-refractivity contribution < 1.29 is 9.59 Å². The van der Waals surface area contributed by atoms with E-state index in [2.05, 4.69) is 12.6 Å². The number of carbonyl (C=O) groups is 2. The van der Waals surface area contributed by atoms with E-state index in [1.807, 2.05) is 6.92 Å². The van der Waals surface area contributed by atoms with Gasteiger partial charge in [-0.25, -0.2) is 4.79 Å². The third-order valence-electron chi connectivity index (χ3n) is 2.16. The number of thiol groups is 1. The smallest absolute Gasteiger partial charge is 0.311 e. The highest BCUT2D eigenvalue weighted by molar-refractivity contribution is 7.80. The van der Waals surface area contributed by atoms with Gasteiger partial charge in [-0.05, 0) is 6.42 Å². The molecule has 1 aliphatic heterocycles. The Morgan fingerprint density at radius 1 is 1.46 bits per heavy atom. The average Bonchev–Trinajstić information content (AvgIpc) is 2.32. The lowest BCUT2D eigenvalue weighted by Crippen LogP contribution is -2.36. The van der Waals surface area contributed by atoms with Crippen LogP contribution in [0.15, 0.2) is 0 Å². The molecule has 1 heterocycles. The molecule has 0 aromatic carbocycles. The number of amides is 3. The molecule has 0 aliphatic carbocycles. The fourth-order valence-electron chi connectivity index (χ4n) is 1.45. The van der Waals surface area contributed by atoms with Crippen LogP contribution >= 0.6 is 12.6 Å². The molecule has 0 aromatic heterocycles.